The number of hydrogen-bond donors (Lipinski definition) is 1. The lowest BCUT2D eigenvalue weighted by atomic mass is 10.2. The highest BCUT2D eigenvalue weighted by molar-refractivity contribution is 9.10. The van der Waals surface area contributed by atoms with Crippen molar-refractivity contribution in [3.8, 4) is 0 Å². The van der Waals surface area contributed by atoms with E-state index in [2.05, 4.69) is 21.2 Å². The third-order valence-corrected chi connectivity index (χ3v) is 2.39. The Balaban J connectivity index is 2.72. The van der Waals surface area contributed by atoms with Crippen LogP contribution in [0.3, 0.4) is 0 Å². The van der Waals surface area contributed by atoms with Gasteiger partial charge in [-0.05, 0) is 17.7 Å². The number of hydrogen-bond acceptors (Lipinski definition) is 1. The summed E-state index contributed by atoms with van der Waals surface area (Å²) in [6.45, 7) is 1.95. The number of carbonyl (C=O) groups excluding carboxylic acids is 1. The van der Waals surface area contributed by atoms with Crippen LogP contribution in [0.5, 0.6) is 0 Å². The van der Waals surface area contributed by atoms with Gasteiger partial charge in [0.05, 0.1) is 0 Å². The standard InChI is InChI=1S/C9H9BrClNO/c1-6(13)12-5-7-2-3-8(10)4-9(7)11/h2-4H,5H2,1H3,(H,12,13). The molecule has 0 saturated carbocycles. The summed E-state index contributed by atoms with van der Waals surface area (Å²) >= 11 is 9.24. The first kappa shape index (κ1) is 10.5. The fraction of sp³-hybridized carbons (Fsp3) is 0.222. The van der Waals surface area contributed by atoms with Crippen LogP contribution in [0.1, 0.15) is 12.5 Å². The van der Waals surface area contributed by atoms with E-state index in [1.165, 1.54) is 6.92 Å². The number of halogens is 2. The van der Waals surface area contributed by atoms with Gasteiger partial charge < -0.3 is 5.32 Å². The van der Waals surface area contributed by atoms with Gasteiger partial charge in [-0.15, -0.1) is 0 Å². The molecule has 0 saturated heterocycles. The van der Waals surface area contributed by atoms with Crippen molar-refractivity contribution in [1.82, 2.24) is 5.32 Å². The van der Waals surface area contributed by atoms with Crippen molar-refractivity contribution in [3.05, 3.63) is 33.3 Å². The van der Waals surface area contributed by atoms with E-state index < -0.39 is 0 Å². The molecule has 0 heterocycles. The van der Waals surface area contributed by atoms with Gasteiger partial charge in [-0.3, -0.25) is 4.79 Å². The average molecular weight is 263 g/mol. The van der Waals surface area contributed by atoms with Crippen LogP contribution < -0.4 is 5.32 Å². The van der Waals surface area contributed by atoms with Crippen LogP contribution >= 0.6 is 27.5 Å². The Morgan fingerprint density at radius 3 is 2.85 bits per heavy atom. The van der Waals surface area contributed by atoms with Crippen molar-refractivity contribution in [2.24, 2.45) is 0 Å². The maximum absolute atomic E-state index is 10.6. The molecule has 0 bridgehead atoms. The zero-order valence-electron chi connectivity index (χ0n) is 7.10. The number of carbonyl (C=O) groups is 1. The lowest BCUT2D eigenvalue weighted by Gasteiger charge is -2.04. The van der Waals surface area contributed by atoms with Crippen molar-refractivity contribution < 1.29 is 4.79 Å². The average Bonchev–Trinajstić information content (AvgIpc) is 2.02. The van der Waals surface area contributed by atoms with Gasteiger partial charge in [0.25, 0.3) is 0 Å². The summed E-state index contributed by atoms with van der Waals surface area (Å²) in [7, 11) is 0. The molecule has 0 aliphatic carbocycles. The smallest absolute Gasteiger partial charge is 0.217 e. The molecule has 4 heteroatoms. The molecule has 1 aromatic rings. The summed E-state index contributed by atoms with van der Waals surface area (Å²) in [4.78, 5) is 10.6. The fourth-order valence-corrected chi connectivity index (χ4v) is 1.62. The minimum Gasteiger partial charge on any atom is -0.352 e. The van der Waals surface area contributed by atoms with Crippen molar-refractivity contribution in [1.29, 1.82) is 0 Å². The molecular formula is C9H9BrClNO. The summed E-state index contributed by atoms with van der Waals surface area (Å²) < 4.78 is 0.934. The molecule has 0 spiro atoms. The van der Waals surface area contributed by atoms with E-state index in [9.17, 15) is 4.79 Å². The van der Waals surface area contributed by atoms with Crippen molar-refractivity contribution in [2.45, 2.75) is 13.5 Å². The molecule has 13 heavy (non-hydrogen) atoms. The first-order valence-corrected chi connectivity index (χ1v) is 4.95. The Bertz CT molecular complexity index is 327. The predicted octanol–water partition coefficient (Wildman–Crippen LogP) is 2.74. The fourth-order valence-electron chi connectivity index (χ4n) is 0.885. The van der Waals surface area contributed by atoms with E-state index in [0.717, 1.165) is 10.0 Å². The van der Waals surface area contributed by atoms with Crippen LogP contribution in [0.15, 0.2) is 22.7 Å². The van der Waals surface area contributed by atoms with E-state index >= 15 is 0 Å². The summed E-state index contributed by atoms with van der Waals surface area (Å²) in [6, 6.07) is 5.57. The summed E-state index contributed by atoms with van der Waals surface area (Å²) in [5, 5.41) is 3.34. The first-order valence-electron chi connectivity index (χ1n) is 3.78. The molecule has 1 amide bonds. The van der Waals surface area contributed by atoms with Gasteiger partial charge in [-0.1, -0.05) is 33.6 Å². The van der Waals surface area contributed by atoms with E-state index in [4.69, 9.17) is 11.6 Å². The molecule has 1 aromatic carbocycles. The lowest BCUT2D eigenvalue weighted by molar-refractivity contribution is -0.119. The summed E-state index contributed by atoms with van der Waals surface area (Å²) in [5.41, 5.74) is 0.917. The van der Waals surface area contributed by atoms with Crippen LogP contribution in [0.4, 0.5) is 0 Å². The van der Waals surface area contributed by atoms with Gasteiger partial charge in [-0.2, -0.15) is 0 Å². The SMILES string of the molecule is CC(=O)NCc1ccc(Br)cc1Cl. The molecule has 0 unspecified atom stereocenters. The zero-order chi connectivity index (χ0) is 9.84. The van der Waals surface area contributed by atoms with Crippen LogP contribution in [0.25, 0.3) is 0 Å². The van der Waals surface area contributed by atoms with Crippen molar-refractivity contribution >= 4 is 33.4 Å². The van der Waals surface area contributed by atoms with Crippen LogP contribution in [-0.2, 0) is 11.3 Å². The van der Waals surface area contributed by atoms with Gasteiger partial charge in [0.1, 0.15) is 0 Å². The zero-order valence-corrected chi connectivity index (χ0v) is 9.45. The van der Waals surface area contributed by atoms with Gasteiger partial charge in [0.2, 0.25) is 5.91 Å². The number of rotatable bonds is 2. The second kappa shape index (κ2) is 4.63. The Kier molecular flexibility index (Phi) is 3.75. The molecule has 0 aliphatic heterocycles. The molecule has 0 radical (unpaired) electrons. The Morgan fingerprint density at radius 1 is 1.62 bits per heavy atom. The second-order valence-electron chi connectivity index (χ2n) is 2.65. The van der Waals surface area contributed by atoms with Crippen LogP contribution in [-0.4, -0.2) is 5.91 Å². The number of amides is 1. The van der Waals surface area contributed by atoms with Gasteiger partial charge in [0, 0.05) is 23.0 Å². The molecule has 2 nitrogen and oxygen atoms in total. The molecule has 70 valence electrons. The Labute approximate surface area is 90.4 Å². The highest BCUT2D eigenvalue weighted by Crippen LogP contribution is 2.20. The number of nitrogens with one attached hydrogen (secondary N) is 1. The minimum absolute atomic E-state index is 0.0565. The molecule has 1 N–H and O–H groups in total. The highest BCUT2D eigenvalue weighted by Gasteiger charge is 2.00. The maximum atomic E-state index is 10.6. The summed E-state index contributed by atoms with van der Waals surface area (Å²) in [6.07, 6.45) is 0. The second-order valence-corrected chi connectivity index (χ2v) is 3.97. The van der Waals surface area contributed by atoms with Crippen molar-refractivity contribution in [2.75, 3.05) is 0 Å². The molecule has 1 rings (SSSR count). The van der Waals surface area contributed by atoms with E-state index in [0.29, 0.717) is 11.6 Å². The Hall–Kier alpha value is -0.540. The minimum atomic E-state index is -0.0565. The largest absolute Gasteiger partial charge is 0.352 e. The predicted molar refractivity (Wildman–Crippen MR) is 56.7 cm³/mol. The maximum Gasteiger partial charge on any atom is 0.217 e. The Morgan fingerprint density at radius 2 is 2.31 bits per heavy atom. The van der Waals surface area contributed by atoms with Gasteiger partial charge in [-0.25, -0.2) is 0 Å². The topological polar surface area (TPSA) is 29.1 Å². The van der Waals surface area contributed by atoms with E-state index in [1.807, 2.05) is 12.1 Å². The molecule has 0 atom stereocenters. The normalized spacial score (nSPS) is 9.77. The van der Waals surface area contributed by atoms with Crippen LogP contribution in [0.2, 0.25) is 5.02 Å². The number of benzene rings is 1. The third kappa shape index (κ3) is 3.36. The lowest BCUT2D eigenvalue weighted by Crippen LogP contribution is -2.18. The molecule has 0 aromatic heterocycles. The van der Waals surface area contributed by atoms with Gasteiger partial charge in [0.15, 0.2) is 0 Å². The first-order chi connectivity index (χ1) is 6.09. The van der Waals surface area contributed by atoms with E-state index in [-0.39, 0.29) is 5.91 Å². The van der Waals surface area contributed by atoms with Crippen molar-refractivity contribution in [3.63, 3.8) is 0 Å². The quantitative estimate of drug-likeness (QED) is 0.872. The van der Waals surface area contributed by atoms with E-state index in [1.54, 1.807) is 6.07 Å². The van der Waals surface area contributed by atoms with Gasteiger partial charge >= 0.3 is 0 Å². The molecular weight excluding hydrogens is 253 g/mol. The molecule has 0 fully saturated rings. The van der Waals surface area contributed by atoms with Crippen LogP contribution in [0, 0.1) is 0 Å². The molecule has 0 aliphatic rings. The summed E-state index contributed by atoms with van der Waals surface area (Å²) in [5.74, 6) is -0.0565. The highest BCUT2D eigenvalue weighted by atomic mass is 79.9. The third-order valence-electron chi connectivity index (χ3n) is 1.54. The monoisotopic (exact) mass is 261 g/mol.